The van der Waals surface area contributed by atoms with Crippen molar-refractivity contribution in [3.63, 3.8) is 0 Å². The van der Waals surface area contributed by atoms with Crippen LogP contribution >= 0.6 is 0 Å². The van der Waals surface area contributed by atoms with Gasteiger partial charge in [0.15, 0.2) is 6.10 Å². The second-order valence-electron chi connectivity index (χ2n) is 6.36. The molecule has 4 nitrogen and oxygen atoms in total. The standard InChI is InChI=1S/C20H32O4/c1-2-3-4-5-6-7-8-9-10-17-11-13-18(14-12-17)24-16-15-19(21)20(22)23/h11-14,19,21H,2-10,15-16H2,1H3,(H,22,23)/t19-/m0/s1. The van der Waals surface area contributed by atoms with E-state index < -0.39 is 12.1 Å². The van der Waals surface area contributed by atoms with E-state index in [-0.39, 0.29) is 13.0 Å². The SMILES string of the molecule is CCCCCCCCCCc1ccc(OCC[C@H](O)C(=O)O)cc1. The number of hydrogen-bond acceptors (Lipinski definition) is 3. The molecule has 1 atom stereocenters. The predicted molar refractivity (Wildman–Crippen MR) is 96.5 cm³/mol. The molecule has 0 aliphatic rings. The zero-order valence-corrected chi connectivity index (χ0v) is 14.9. The van der Waals surface area contributed by atoms with Gasteiger partial charge in [-0.25, -0.2) is 4.79 Å². The van der Waals surface area contributed by atoms with Crippen molar-refractivity contribution in [3.05, 3.63) is 29.8 Å². The molecule has 0 heterocycles. The third kappa shape index (κ3) is 9.56. The number of hydrogen-bond donors (Lipinski definition) is 2. The van der Waals surface area contributed by atoms with Crippen molar-refractivity contribution in [2.45, 2.75) is 77.2 Å². The maximum atomic E-state index is 10.5. The quantitative estimate of drug-likeness (QED) is 0.488. The molecule has 0 saturated heterocycles. The highest BCUT2D eigenvalue weighted by atomic mass is 16.5. The maximum Gasteiger partial charge on any atom is 0.332 e. The van der Waals surface area contributed by atoms with Crippen LogP contribution in [0.25, 0.3) is 0 Å². The highest BCUT2D eigenvalue weighted by molar-refractivity contribution is 5.71. The van der Waals surface area contributed by atoms with Crippen LogP contribution in [-0.2, 0) is 11.2 Å². The fourth-order valence-electron chi connectivity index (χ4n) is 2.63. The minimum Gasteiger partial charge on any atom is -0.493 e. The van der Waals surface area contributed by atoms with Gasteiger partial charge in [-0.3, -0.25) is 0 Å². The molecule has 0 aliphatic heterocycles. The summed E-state index contributed by atoms with van der Waals surface area (Å²) in [5.74, 6) is -0.494. The van der Waals surface area contributed by atoms with E-state index >= 15 is 0 Å². The number of aliphatic hydroxyl groups excluding tert-OH is 1. The number of carboxylic acid groups (broad SMARTS) is 1. The zero-order chi connectivity index (χ0) is 17.6. The van der Waals surface area contributed by atoms with Crippen LogP contribution in [0.4, 0.5) is 0 Å². The highest BCUT2D eigenvalue weighted by Crippen LogP contribution is 2.16. The van der Waals surface area contributed by atoms with Gasteiger partial charge in [-0.05, 0) is 30.5 Å². The number of aryl methyl sites for hydroxylation is 1. The molecule has 0 unspecified atom stereocenters. The molecule has 24 heavy (non-hydrogen) atoms. The average molecular weight is 336 g/mol. The fraction of sp³-hybridized carbons (Fsp3) is 0.650. The number of aliphatic carboxylic acids is 1. The second-order valence-corrected chi connectivity index (χ2v) is 6.36. The van der Waals surface area contributed by atoms with Gasteiger partial charge in [-0.15, -0.1) is 0 Å². The molecular formula is C20H32O4. The molecule has 0 aliphatic carbocycles. The van der Waals surface area contributed by atoms with Gasteiger partial charge < -0.3 is 14.9 Å². The molecule has 2 N–H and O–H groups in total. The van der Waals surface area contributed by atoms with Crippen molar-refractivity contribution < 1.29 is 19.7 Å². The molecule has 0 aromatic heterocycles. The molecule has 1 rings (SSSR count). The van der Waals surface area contributed by atoms with Crippen molar-refractivity contribution in [2.24, 2.45) is 0 Å². The Morgan fingerprint density at radius 3 is 2.17 bits per heavy atom. The third-order valence-corrected chi connectivity index (χ3v) is 4.19. The van der Waals surface area contributed by atoms with Crippen molar-refractivity contribution in [1.82, 2.24) is 0 Å². The molecule has 4 heteroatoms. The van der Waals surface area contributed by atoms with Gasteiger partial charge in [-0.2, -0.15) is 0 Å². The number of benzene rings is 1. The zero-order valence-electron chi connectivity index (χ0n) is 14.9. The van der Waals surface area contributed by atoms with Crippen LogP contribution in [0.5, 0.6) is 5.75 Å². The van der Waals surface area contributed by atoms with Crippen molar-refractivity contribution in [1.29, 1.82) is 0 Å². The van der Waals surface area contributed by atoms with Crippen LogP contribution in [0, 0.1) is 0 Å². The average Bonchev–Trinajstić information content (AvgIpc) is 2.58. The molecule has 0 saturated carbocycles. The van der Waals surface area contributed by atoms with Gasteiger partial charge in [0.25, 0.3) is 0 Å². The fourth-order valence-corrected chi connectivity index (χ4v) is 2.63. The lowest BCUT2D eigenvalue weighted by molar-refractivity contribution is -0.147. The lowest BCUT2D eigenvalue weighted by Crippen LogP contribution is -2.21. The van der Waals surface area contributed by atoms with E-state index in [0.717, 1.165) is 6.42 Å². The first-order valence-electron chi connectivity index (χ1n) is 9.26. The van der Waals surface area contributed by atoms with Gasteiger partial charge in [-0.1, -0.05) is 64.0 Å². The van der Waals surface area contributed by atoms with Crippen LogP contribution in [0.15, 0.2) is 24.3 Å². The van der Waals surface area contributed by atoms with Gasteiger partial charge in [0.1, 0.15) is 5.75 Å². The smallest absolute Gasteiger partial charge is 0.332 e. The Balaban J connectivity index is 2.10. The minimum absolute atomic E-state index is 0.0926. The summed E-state index contributed by atoms with van der Waals surface area (Å²) in [4.78, 5) is 10.5. The van der Waals surface area contributed by atoms with E-state index in [1.54, 1.807) is 0 Å². The molecule has 1 aromatic carbocycles. The van der Waals surface area contributed by atoms with Gasteiger partial charge in [0.2, 0.25) is 0 Å². The number of unbranched alkanes of at least 4 members (excludes halogenated alkanes) is 7. The second kappa shape index (κ2) is 12.8. The Kier molecular flexibility index (Phi) is 10.9. The van der Waals surface area contributed by atoms with Crippen molar-refractivity contribution in [2.75, 3.05) is 6.61 Å². The lowest BCUT2D eigenvalue weighted by atomic mass is 10.0. The molecule has 1 aromatic rings. The largest absolute Gasteiger partial charge is 0.493 e. The summed E-state index contributed by atoms with van der Waals surface area (Å²) in [6.07, 6.45) is 10.4. The molecule has 0 radical (unpaired) electrons. The summed E-state index contributed by atoms with van der Waals surface area (Å²) in [5.41, 5.74) is 1.30. The maximum absolute atomic E-state index is 10.5. The molecular weight excluding hydrogens is 304 g/mol. The molecule has 0 spiro atoms. The normalized spacial score (nSPS) is 12.1. The Morgan fingerprint density at radius 2 is 1.58 bits per heavy atom. The van der Waals surface area contributed by atoms with Crippen LogP contribution < -0.4 is 4.74 Å². The minimum atomic E-state index is -1.36. The van der Waals surface area contributed by atoms with E-state index in [0.29, 0.717) is 5.75 Å². The summed E-state index contributed by atoms with van der Waals surface area (Å²) in [7, 11) is 0. The van der Waals surface area contributed by atoms with Crippen LogP contribution in [0.2, 0.25) is 0 Å². The Morgan fingerprint density at radius 1 is 1.00 bits per heavy atom. The number of aliphatic hydroxyl groups is 1. The summed E-state index contributed by atoms with van der Waals surface area (Å²) >= 11 is 0. The Bertz CT molecular complexity index is 441. The first-order chi connectivity index (χ1) is 11.6. The highest BCUT2D eigenvalue weighted by Gasteiger charge is 2.12. The Labute approximate surface area is 145 Å². The molecule has 0 amide bonds. The molecule has 0 fully saturated rings. The summed E-state index contributed by atoms with van der Waals surface area (Å²) in [6.45, 7) is 2.45. The molecule has 136 valence electrons. The lowest BCUT2D eigenvalue weighted by Gasteiger charge is -2.09. The number of ether oxygens (including phenoxy) is 1. The van der Waals surface area contributed by atoms with Crippen LogP contribution in [-0.4, -0.2) is 28.9 Å². The first-order valence-corrected chi connectivity index (χ1v) is 9.26. The summed E-state index contributed by atoms with van der Waals surface area (Å²) in [5, 5.41) is 17.8. The van der Waals surface area contributed by atoms with E-state index in [2.05, 4.69) is 19.1 Å². The van der Waals surface area contributed by atoms with Gasteiger partial charge in [0.05, 0.1) is 6.61 Å². The summed E-state index contributed by atoms with van der Waals surface area (Å²) in [6, 6.07) is 7.94. The van der Waals surface area contributed by atoms with Gasteiger partial charge >= 0.3 is 5.97 Å². The van der Waals surface area contributed by atoms with Crippen LogP contribution in [0.1, 0.15) is 70.3 Å². The van der Waals surface area contributed by atoms with E-state index in [1.807, 2.05) is 12.1 Å². The third-order valence-electron chi connectivity index (χ3n) is 4.19. The van der Waals surface area contributed by atoms with Gasteiger partial charge in [0, 0.05) is 6.42 Å². The monoisotopic (exact) mass is 336 g/mol. The van der Waals surface area contributed by atoms with Crippen molar-refractivity contribution in [3.8, 4) is 5.75 Å². The number of carboxylic acids is 1. The first kappa shape index (κ1) is 20.5. The van der Waals surface area contributed by atoms with Crippen molar-refractivity contribution >= 4 is 5.97 Å². The molecule has 0 bridgehead atoms. The number of carbonyl (C=O) groups is 1. The van der Waals surface area contributed by atoms with Crippen LogP contribution in [0.3, 0.4) is 0 Å². The predicted octanol–water partition coefficient (Wildman–Crippen LogP) is 4.58. The Hall–Kier alpha value is -1.55. The van der Waals surface area contributed by atoms with E-state index in [1.165, 1.54) is 56.9 Å². The van der Waals surface area contributed by atoms with E-state index in [9.17, 15) is 9.90 Å². The summed E-state index contributed by atoms with van der Waals surface area (Å²) < 4.78 is 5.45. The number of rotatable bonds is 14. The topological polar surface area (TPSA) is 66.8 Å². The van der Waals surface area contributed by atoms with E-state index in [4.69, 9.17) is 9.84 Å².